The molecule has 2 heterocycles. The zero-order valence-electron chi connectivity index (χ0n) is 9.31. The summed E-state index contributed by atoms with van der Waals surface area (Å²) in [6.07, 6.45) is 4.11. The molecule has 0 saturated heterocycles. The molecular weight excluding hydrogens is 236 g/mol. The van der Waals surface area contributed by atoms with Gasteiger partial charge in [-0.25, -0.2) is 4.98 Å². The lowest BCUT2D eigenvalue weighted by Gasteiger charge is -2.23. The predicted molar refractivity (Wildman–Crippen MR) is 66.9 cm³/mol. The molecule has 0 spiro atoms. The molecule has 2 aromatic rings. The summed E-state index contributed by atoms with van der Waals surface area (Å²) in [5.41, 5.74) is 1.96. The van der Waals surface area contributed by atoms with Gasteiger partial charge in [0.1, 0.15) is 12.1 Å². The van der Waals surface area contributed by atoms with Crippen molar-refractivity contribution in [1.82, 2.24) is 9.55 Å². The largest absolute Gasteiger partial charge is 0.373 e. The minimum atomic E-state index is -0.479. The molecule has 4 heteroatoms. The van der Waals surface area contributed by atoms with E-state index in [0.717, 1.165) is 36.3 Å². The maximum absolute atomic E-state index is 10.1. The third-order valence-electron chi connectivity index (χ3n) is 3.18. The van der Waals surface area contributed by atoms with Crippen LogP contribution in [0.25, 0.3) is 11.4 Å². The molecule has 1 aromatic heterocycles. The Hall–Kier alpha value is -1.32. The summed E-state index contributed by atoms with van der Waals surface area (Å²) in [4.78, 5) is 4.40. The Morgan fingerprint density at radius 1 is 1.35 bits per heavy atom. The van der Waals surface area contributed by atoms with Crippen LogP contribution in [0.5, 0.6) is 0 Å². The van der Waals surface area contributed by atoms with Gasteiger partial charge in [0.05, 0.1) is 5.02 Å². The third-order valence-corrected chi connectivity index (χ3v) is 3.51. The van der Waals surface area contributed by atoms with E-state index in [1.54, 1.807) is 0 Å². The molecule has 0 saturated carbocycles. The fourth-order valence-corrected chi connectivity index (χ4v) is 2.57. The van der Waals surface area contributed by atoms with Gasteiger partial charge in [-0.3, -0.25) is 0 Å². The van der Waals surface area contributed by atoms with Crippen molar-refractivity contribution < 1.29 is 5.11 Å². The molecule has 1 aliphatic rings. The number of aromatic nitrogens is 2. The highest BCUT2D eigenvalue weighted by Crippen LogP contribution is 2.32. The highest BCUT2D eigenvalue weighted by atomic mass is 35.5. The van der Waals surface area contributed by atoms with Crippen molar-refractivity contribution in [2.45, 2.75) is 25.5 Å². The van der Waals surface area contributed by atoms with Crippen LogP contribution in [0.15, 0.2) is 30.5 Å². The van der Waals surface area contributed by atoms with Crippen LogP contribution in [0.1, 0.15) is 24.8 Å². The molecule has 17 heavy (non-hydrogen) atoms. The second kappa shape index (κ2) is 4.17. The van der Waals surface area contributed by atoms with Gasteiger partial charge < -0.3 is 9.67 Å². The number of aliphatic hydroxyl groups excluding tert-OH is 1. The minimum absolute atomic E-state index is 0.479. The molecule has 3 nitrogen and oxygen atoms in total. The van der Waals surface area contributed by atoms with Crippen LogP contribution < -0.4 is 0 Å². The lowest BCUT2D eigenvalue weighted by molar-refractivity contribution is 0.0807. The molecule has 1 aliphatic heterocycles. The molecule has 0 bridgehead atoms. The third kappa shape index (κ3) is 1.75. The summed E-state index contributed by atoms with van der Waals surface area (Å²) in [6.45, 7) is 0. The van der Waals surface area contributed by atoms with Crippen molar-refractivity contribution in [3.8, 4) is 11.4 Å². The van der Waals surface area contributed by atoms with Gasteiger partial charge in [0.15, 0.2) is 0 Å². The number of fused-ring (bicyclic) bond motifs is 1. The van der Waals surface area contributed by atoms with Crippen molar-refractivity contribution in [3.63, 3.8) is 0 Å². The van der Waals surface area contributed by atoms with Gasteiger partial charge in [-0.2, -0.15) is 0 Å². The first-order valence-corrected chi connectivity index (χ1v) is 6.14. The smallest absolute Gasteiger partial charge is 0.143 e. The molecule has 1 atom stereocenters. The Kier molecular flexibility index (Phi) is 2.65. The van der Waals surface area contributed by atoms with Gasteiger partial charge in [-0.05, 0) is 31.4 Å². The van der Waals surface area contributed by atoms with Crippen molar-refractivity contribution in [3.05, 3.63) is 41.2 Å². The number of aliphatic hydroxyl groups is 1. The highest BCUT2D eigenvalue weighted by Gasteiger charge is 2.22. The molecule has 0 fully saturated rings. The molecule has 0 amide bonds. The van der Waals surface area contributed by atoms with Crippen molar-refractivity contribution >= 4 is 11.6 Å². The molecule has 1 unspecified atom stereocenters. The number of halogens is 1. The normalized spacial score (nSPS) is 19.1. The summed E-state index contributed by atoms with van der Waals surface area (Å²) in [5, 5.41) is 10.7. The predicted octanol–water partition coefficient (Wildman–Crippen LogP) is 3.03. The topological polar surface area (TPSA) is 38.1 Å². The second-order valence-electron chi connectivity index (χ2n) is 4.30. The average molecular weight is 249 g/mol. The number of benzene rings is 1. The second-order valence-corrected chi connectivity index (χ2v) is 4.70. The van der Waals surface area contributed by atoms with Crippen molar-refractivity contribution in [1.29, 1.82) is 0 Å². The Bertz CT molecular complexity index is 550. The van der Waals surface area contributed by atoms with Crippen LogP contribution in [0, 0.1) is 0 Å². The standard InChI is InChI=1S/C13H13ClN2O/c14-11-6-2-1-5-10(11)13-15-8-9-4-3-7-12(17)16(9)13/h1-2,5-6,8,12,17H,3-4,7H2. The van der Waals surface area contributed by atoms with Gasteiger partial charge in [-0.15, -0.1) is 0 Å². The van der Waals surface area contributed by atoms with Gasteiger partial charge >= 0.3 is 0 Å². The Morgan fingerprint density at radius 2 is 2.18 bits per heavy atom. The highest BCUT2D eigenvalue weighted by molar-refractivity contribution is 6.33. The monoisotopic (exact) mass is 248 g/mol. The van der Waals surface area contributed by atoms with Gasteiger partial charge in [0.2, 0.25) is 0 Å². The maximum atomic E-state index is 10.1. The zero-order chi connectivity index (χ0) is 11.8. The SMILES string of the molecule is OC1CCCc2cnc(-c3ccccc3Cl)n21. The van der Waals surface area contributed by atoms with E-state index in [2.05, 4.69) is 4.98 Å². The zero-order valence-corrected chi connectivity index (χ0v) is 10.1. The summed E-state index contributed by atoms with van der Waals surface area (Å²) in [7, 11) is 0. The number of imidazole rings is 1. The molecule has 0 radical (unpaired) electrons. The fourth-order valence-electron chi connectivity index (χ4n) is 2.35. The van der Waals surface area contributed by atoms with E-state index in [1.807, 2.05) is 35.0 Å². The summed E-state index contributed by atoms with van der Waals surface area (Å²) in [6, 6.07) is 7.59. The maximum Gasteiger partial charge on any atom is 0.143 e. The van der Waals surface area contributed by atoms with Crippen molar-refractivity contribution in [2.24, 2.45) is 0 Å². The first-order valence-electron chi connectivity index (χ1n) is 5.76. The number of hydrogen-bond acceptors (Lipinski definition) is 2. The fraction of sp³-hybridized carbons (Fsp3) is 0.308. The number of hydrogen-bond donors (Lipinski definition) is 1. The lowest BCUT2D eigenvalue weighted by atomic mass is 10.1. The Labute approximate surface area is 105 Å². The first kappa shape index (κ1) is 10.8. The van der Waals surface area contributed by atoms with E-state index in [9.17, 15) is 5.11 Å². The summed E-state index contributed by atoms with van der Waals surface area (Å²) < 4.78 is 1.89. The quantitative estimate of drug-likeness (QED) is 0.842. The van der Waals surface area contributed by atoms with Crippen LogP contribution in [0.2, 0.25) is 5.02 Å². The molecule has 0 aliphatic carbocycles. The van der Waals surface area contributed by atoms with Crippen LogP contribution >= 0.6 is 11.6 Å². The van der Waals surface area contributed by atoms with Gasteiger partial charge in [0.25, 0.3) is 0 Å². The average Bonchev–Trinajstić information content (AvgIpc) is 2.75. The van der Waals surface area contributed by atoms with E-state index in [4.69, 9.17) is 11.6 Å². The Balaban J connectivity index is 2.17. The van der Waals surface area contributed by atoms with Crippen molar-refractivity contribution in [2.75, 3.05) is 0 Å². The van der Waals surface area contributed by atoms with E-state index < -0.39 is 6.23 Å². The van der Waals surface area contributed by atoms with Crippen LogP contribution in [0.4, 0.5) is 0 Å². The van der Waals surface area contributed by atoms with E-state index >= 15 is 0 Å². The van der Waals surface area contributed by atoms with Gasteiger partial charge in [-0.1, -0.05) is 23.7 Å². The first-order chi connectivity index (χ1) is 8.27. The molecule has 1 aromatic carbocycles. The number of rotatable bonds is 1. The minimum Gasteiger partial charge on any atom is -0.373 e. The number of aryl methyl sites for hydroxylation is 1. The molecular formula is C13H13ClN2O. The number of nitrogens with zero attached hydrogens (tertiary/aromatic N) is 2. The van der Waals surface area contributed by atoms with Crippen LogP contribution in [0.3, 0.4) is 0 Å². The summed E-state index contributed by atoms with van der Waals surface area (Å²) in [5.74, 6) is 0.762. The summed E-state index contributed by atoms with van der Waals surface area (Å²) >= 11 is 6.17. The van der Waals surface area contributed by atoms with Gasteiger partial charge in [0, 0.05) is 17.5 Å². The molecule has 1 N–H and O–H groups in total. The lowest BCUT2D eigenvalue weighted by Crippen LogP contribution is -2.17. The molecule has 3 rings (SSSR count). The van der Waals surface area contributed by atoms with E-state index in [-0.39, 0.29) is 0 Å². The van der Waals surface area contributed by atoms with Crippen LogP contribution in [-0.4, -0.2) is 14.7 Å². The molecule has 88 valence electrons. The Morgan fingerprint density at radius 3 is 3.00 bits per heavy atom. The van der Waals surface area contributed by atoms with E-state index in [1.165, 1.54) is 0 Å². The van der Waals surface area contributed by atoms with E-state index in [0.29, 0.717) is 5.02 Å². The van der Waals surface area contributed by atoms with Crippen LogP contribution in [-0.2, 0) is 6.42 Å².